The standard InChI is InChI=1S/C15H19FN2O4S/c1-3-23(20,21)17-9-11-6-7-18(10-11)15(19)13-8-12(16)4-5-14(13)22-2/h3-5,8,11,17H,1,6-7,9-10H2,2H3/t11-/m1/s1. The molecule has 1 N–H and O–H groups in total. The molecule has 1 aromatic rings. The van der Waals surface area contributed by atoms with Crippen LogP contribution in [0.15, 0.2) is 30.2 Å². The number of rotatable bonds is 6. The van der Waals surface area contributed by atoms with Crippen molar-refractivity contribution < 1.29 is 22.3 Å². The van der Waals surface area contributed by atoms with Crippen LogP contribution in [0.5, 0.6) is 5.75 Å². The number of nitrogens with zero attached hydrogens (tertiary/aromatic N) is 1. The number of sulfonamides is 1. The minimum atomic E-state index is -3.47. The predicted molar refractivity (Wildman–Crippen MR) is 84.1 cm³/mol. The van der Waals surface area contributed by atoms with Crippen LogP contribution in [-0.2, 0) is 10.0 Å². The van der Waals surface area contributed by atoms with E-state index in [1.54, 1.807) is 4.90 Å². The predicted octanol–water partition coefficient (Wildman–Crippen LogP) is 1.36. The molecule has 8 heteroatoms. The highest BCUT2D eigenvalue weighted by Gasteiger charge is 2.29. The van der Waals surface area contributed by atoms with Gasteiger partial charge in [0.1, 0.15) is 11.6 Å². The van der Waals surface area contributed by atoms with Gasteiger partial charge in [0.15, 0.2) is 0 Å². The van der Waals surface area contributed by atoms with Gasteiger partial charge in [-0.1, -0.05) is 6.58 Å². The van der Waals surface area contributed by atoms with Gasteiger partial charge in [-0.3, -0.25) is 4.79 Å². The third kappa shape index (κ3) is 4.29. The molecule has 6 nitrogen and oxygen atoms in total. The maximum atomic E-state index is 13.4. The molecule has 0 unspecified atom stereocenters. The molecule has 0 radical (unpaired) electrons. The van der Waals surface area contributed by atoms with Gasteiger partial charge in [0.2, 0.25) is 10.0 Å². The number of nitrogens with one attached hydrogen (secondary N) is 1. The molecule has 1 aromatic carbocycles. The molecular weight excluding hydrogens is 323 g/mol. The number of hydrogen-bond acceptors (Lipinski definition) is 4. The number of amides is 1. The quantitative estimate of drug-likeness (QED) is 0.847. The number of benzene rings is 1. The summed E-state index contributed by atoms with van der Waals surface area (Å²) in [4.78, 5) is 14.1. The molecule has 0 bridgehead atoms. The SMILES string of the molecule is C=CS(=O)(=O)NC[C@H]1CCN(C(=O)c2cc(F)ccc2OC)C1. The molecule has 1 atom stereocenters. The van der Waals surface area contributed by atoms with E-state index in [1.807, 2.05) is 0 Å². The first-order valence-electron chi connectivity index (χ1n) is 7.11. The van der Waals surface area contributed by atoms with Crippen molar-refractivity contribution >= 4 is 15.9 Å². The fourth-order valence-electron chi connectivity index (χ4n) is 2.49. The Bertz CT molecular complexity index is 705. The normalized spacial score (nSPS) is 18.0. The van der Waals surface area contributed by atoms with E-state index in [0.29, 0.717) is 25.3 Å². The van der Waals surface area contributed by atoms with E-state index in [4.69, 9.17) is 4.74 Å². The topological polar surface area (TPSA) is 75.7 Å². The second-order valence-corrected chi connectivity index (χ2v) is 7.02. The lowest BCUT2D eigenvalue weighted by molar-refractivity contribution is 0.0783. The molecule has 1 aliphatic heterocycles. The minimum absolute atomic E-state index is 0.00762. The van der Waals surface area contributed by atoms with Crippen LogP contribution in [0.1, 0.15) is 16.8 Å². The van der Waals surface area contributed by atoms with Gasteiger partial charge < -0.3 is 9.64 Å². The largest absolute Gasteiger partial charge is 0.496 e. The van der Waals surface area contributed by atoms with Gasteiger partial charge in [0.25, 0.3) is 5.91 Å². The second kappa shape index (κ2) is 7.10. The highest BCUT2D eigenvalue weighted by atomic mass is 32.2. The summed E-state index contributed by atoms with van der Waals surface area (Å²) in [6.07, 6.45) is 0.670. The molecule has 0 aliphatic carbocycles. The van der Waals surface area contributed by atoms with Gasteiger partial charge in [0, 0.05) is 25.0 Å². The Balaban J connectivity index is 2.03. The molecule has 0 spiro atoms. The van der Waals surface area contributed by atoms with Gasteiger partial charge in [-0.25, -0.2) is 17.5 Å². The molecule has 23 heavy (non-hydrogen) atoms. The second-order valence-electron chi connectivity index (χ2n) is 5.31. The highest BCUT2D eigenvalue weighted by molar-refractivity contribution is 7.92. The minimum Gasteiger partial charge on any atom is -0.496 e. The van der Waals surface area contributed by atoms with Crippen LogP contribution < -0.4 is 9.46 Å². The Morgan fingerprint density at radius 2 is 2.30 bits per heavy atom. The number of carbonyl (C=O) groups is 1. The third-order valence-electron chi connectivity index (χ3n) is 3.76. The molecule has 1 fully saturated rings. The molecular formula is C15H19FN2O4S. The van der Waals surface area contributed by atoms with Gasteiger partial charge in [0.05, 0.1) is 12.7 Å². The van der Waals surface area contributed by atoms with Crippen LogP contribution in [0.25, 0.3) is 0 Å². The monoisotopic (exact) mass is 342 g/mol. The van der Waals surface area contributed by atoms with Crippen molar-refractivity contribution in [3.8, 4) is 5.75 Å². The molecule has 1 aliphatic rings. The summed E-state index contributed by atoms with van der Waals surface area (Å²) >= 11 is 0. The van der Waals surface area contributed by atoms with E-state index in [1.165, 1.54) is 19.2 Å². The van der Waals surface area contributed by atoms with Crippen molar-refractivity contribution in [1.29, 1.82) is 0 Å². The number of carbonyl (C=O) groups excluding carboxylic acids is 1. The van der Waals surface area contributed by atoms with E-state index in [-0.39, 0.29) is 23.9 Å². The first-order chi connectivity index (χ1) is 10.9. The van der Waals surface area contributed by atoms with Crippen LogP contribution in [0, 0.1) is 11.7 Å². The summed E-state index contributed by atoms with van der Waals surface area (Å²) in [5.74, 6) is -0.514. The van der Waals surface area contributed by atoms with Crippen molar-refractivity contribution in [2.75, 3.05) is 26.7 Å². The summed E-state index contributed by atoms with van der Waals surface area (Å²) in [7, 11) is -2.05. The fourth-order valence-corrected chi connectivity index (χ4v) is 3.08. The summed E-state index contributed by atoms with van der Waals surface area (Å²) in [5, 5.41) is 0.850. The number of methoxy groups -OCH3 is 1. The Morgan fingerprint density at radius 1 is 1.57 bits per heavy atom. The molecule has 1 amide bonds. The summed E-state index contributed by atoms with van der Waals surface area (Å²) in [5.41, 5.74) is 0.167. The first kappa shape index (κ1) is 17.4. The van der Waals surface area contributed by atoms with Crippen LogP contribution in [0.4, 0.5) is 4.39 Å². The number of hydrogen-bond donors (Lipinski definition) is 1. The van der Waals surface area contributed by atoms with Gasteiger partial charge in [-0.2, -0.15) is 0 Å². The number of likely N-dealkylation sites (tertiary alicyclic amines) is 1. The zero-order valence-electron chi connectivity index (χ0n) is 12.8. The van der Waals surface area contributed by atoms with Crippen molar-refractivity contribution in [2.24, 2.45) is 5.92 Å². The molecule has 0 saturated carbocycles. The average molecular weight is 342 g/mol. The van der Waals surface area contributed by atoms with Gasteiger partial charge in [-0.05, 0) is 30.5 Å². The Hall–Kier alpha value is -1.93. The molecule has 126 valence electrons. The molecule has 2 rings (SSSR count). The van der Waals surface area contributed by atoms with Crippen LogP contribution in [0.2, 0.25) is 0 Å². The Morgan fingerprint density at radius 3 is 2.96 bits per heavy atom. The highest BCUT2D eigenvalue weighted by Crippen LogP contribution is 2.24. The van der Waals surface area contributed by atoms with Crippen molar-refractivity contribution in [2.45, 2.75) is 6.42 Å². The van der Waals surface area contributed by atoms with Crippen LogP contribution in [0.3, 0.4) is 0 Å². The smallest absolute Gasteiger partial charge is 0.257 e. The first-order valence-corrected chi connectivity index (χ1v) is 8.66. The number of ether oxygens (including phenoxy) is 1. The fraction of sp³-hybridized carbons (Fsp3) is 0.400. The van der Waals surface area contributed by atoms with E-state index in [0.717, 1.165) is 11.5 Å². The van der Waals surface area contributed by atoms with E-state index in [2.05, 4.69) is 11.3 Å². The van der Waals surface area contributed by atoms with E-state index >= 15 is 0 Å². The summed E-state index contributed by atoms with van der Waals surface area (Å²) in [6, 6.07) is 3.79. The van der Waals surface area contributed by atoms with Crippen LogP contribution in [-0.4, -0.2) is 46.0 Å². The lowest BCUT2D eigenvalue weighted by Gasteiger charge is -2.18. The zero-order valence-corrected chi connectivity index (χ0v) is 13.6. The van der Waals surface area contributed by atoms with Gasteiger partial charge in [-0.15, -0.1) is 0 Å². The van der Waals surface area contributed by atoms with E-state index < -0.39 is 15.8 Å². The van der Waals surface area contributed by atoms with Crippen LogP contribution >= 0.6 is 0 Å². The maximum absolute atomic E-state index is 13.4. The van der Waals surface area contributed by atoms with E-state index in [9.17, 15) is 17.6 Å². The maximum Gasteiger partial charge on any atom is 0.257 e. The lowest BCUT2D eigenvalue weighted by atomic mass is 10.1. The zero-order chi connectivity index (χ0) is 17.0. The van der Waals surface area contributed by atoms with Crippen molar-refractivity contribution in [1.82, 2.24) is 9.62 Å². The third-order valence-corrected chi connectivity index (χ3v) is 4.77. The lowest BCUT2D eigenvalue weighted by Crippen LogP contribution is -2.32. The number of halogens is 1. The Kier molecular flexibility index (Phi) is 5.38. The van der Waals surface area contributed by atoms with Crippen molar-refractivity contribution in [3.05, 3.63) is 41.6 Å². The average Bonchev–Trinajstić information content (AvgIpc) is 3.01. The summed E-state index contributed by atoms with van der Waals surface area (Å²) in [6.45, 7) is 4.34. The van der Waals surface area contributed by atoms with Gasteiger partial charge >= 0.3 is 0 Å². The molecule has 0 aromatic heterocycles. The van der Waals surface area contributed by atoms with Crippen molar-refractivity contribution in [3.63, 3.8) is 0 Å². The molecule has 1 saturated heterocycles. The molecule has 1 heterocycles. The Labute approximate surface area is 135 Å². The summed E-state index contributed by atoms with van der Waals surface area (Å²) < 4.78 is 43.6.